The third-order valence-electron chi connectivity index (χ3n) is 0.953. The van der Waals surface area contributed by atoms with Gasteiger partial charge in [-0.15, -0.1) is 12.3 Å². The minimum atomic E-state index is 0.714. The molecule has 1 rings (SSSR count). The van der Waals surface area contributed by atoms with Crippen LogP contribution in [-0.2, 0) is 6.42 Å². The lowest BCUT2D eigenvalue weighted by molar-refractivity contribution is 1.32. The fourth-order valence-electron chi connectivity index (χ4n) is 0.600. The van der Waals surface area contributed by atoms with Crippen molar-refractivity contribution in [2.45, 2.75) is 13.3 Å². The van der Waals surface area contributed by atoms with Crippen molar-refractivity contribution in [3.8, 4) is 12.3 Å². The molecule has 1 aromatic rings. The highest BCUT2D eigenvalue weighted by atomic mass is 32.1. The fraction of sp³-hybridized carbons (Fsp3) is 0.286. The number of aryl methyl sites for hydroxylation is 1. The van der Waals surface area contributed by atoms with E-state index in [2.05, 4.69) is 10.3 Å². The predicted octanol–water partition coefficient (Wildman–Crippen LogP) is 1.63. The van der Waals surface area contributed by atoms with Crippen LogP contribution in [0.2, 0.25) is 0 Å². The number of nitrogens with zero attached hydrogens (tertiary/aromatic N) is 1. The molecule has 0 bridgehead atoms. The molecule has 0 aromatic carbocycles. The van der Waals surface area contributed by atoms with E-state index in [-0.39, 0.29) is 0 Å². The third kappa shape index (κ3) is 1.55. The molecular formula is C7H7NS. The van der Waals surface area contributed by atoms with Crippen LogP contribution in [0.25, 0.3) is 0 Å². The van der Waals surface area contributed by atoms with Gasteiger partial charge in [0.25, 0.3) is 0 Å². The summed E-state index contributed by atoms with van der Waals surface area (Å²) in [6, 6.07) is 2.02. The Bertz CT molecular complexity index is 231. The summed E-state index contributed by atoms with van der Waals surface area (Å²) in [5.74, 6) is 2.57. The van der Waals surface area contributed by atoms with E-state index in [0.717, 1.165) is 5.69 Å². The van der Waals surface area contributed by atoms with E-state index in [1.165, 1.54) is 16.4 Å². The molecule has 2 heteroatoms. The van der Waals surface area contributed by atoms with E-state index in [9.17, 15) is 0 Å². The van der Waals surface area contributed by atoms with Crippen molar-refractivity contribution >= 4 is 11.5 Å². The summed E-state index contributed by atoms with van der Waals surface area (Å²) in [6.07, 6.45) is 5.81. The molecule has 0 aliphatic rings. The second-order valence-corrected chi connectivity index (χ2v) is 2.71. The van der Waals surface area contributed by atoms with E-state index >= 15 is 0 Å². The van der Waals surface area contributed by atoms with Gasteiger partial charge in [-0.3, -0.25) is 0 Å². The van der Waals surface area contributed by atoms with Crippen molar-refractivity contribution < 1.29 is 0 Å². The molecule has 0 amide bonds. The largest absolute Gasteiger partial charge is 0.198 e. The van der Waals surface area contributed by atoms with Gasteiger partial charge in [0.1, 0.15) is 0 Å². The van der Waals surface area contributed by atoms with E-state index in [0.29, 0.717) is 6.42 Å². The summed E-state index contributed by atoms with van der Waals surface area (Å²) < 4.78 is 4.08. The van der Waals surface area contributed by atoms with Crippen molar-refractivity contribution in [3.05, 3.63) is 16.6 Å². The summed E-state index contributed by atoms with van der Waals surface area (Å²) in [4.78, 5) is 1.18. The Kier molecular flexibility index (Phi) is 1.86. The van der Waals surface area contributed by atoms with Crippen LogP contribution in [0.5, 0.6) is 0 Å². The fourth-order valence-corrected chi connectivity index (χ4v) is 1.29. The molecule has 9 heavy (non-hydrogen) atoms. The maximum atomic E-state index is 5.10. The minimum absolute atomic E-state index is 0.714. The molecule has 1 nitrogen and oxygen atoms in total. The zero-order valence-electron chi connectivity index (χ0n) is 5.22. The molecular weight excluding hydrogens is 130 g/mol. The molecule has 1 heterocycles. The van der Waals surface area contributed by atoms with Gasteiger partial charge in [0, 0.05) is 11.3 Å². The number of hydrogen-bond acceptors (Lipinski definition) is 2. The Morgan fingerprint density at radius 1 is 1.89 bits per heavy atom. The molecule has 0 fully saturated rings. The topological polar surface area (TPSA) is 12.9 Å². The molecule has 0 aliphatic carbocycles. The number of terminal acetylenes is 1. The van der Waals surface area contributed by atoms with Crippen LogP contribution in [0.15, 0.2) is 6.07 Å². The van der Waals surface area contributed by atoms with Crippen molar-refractivity contribution in [2.24, 2.45) is 0 Å². The maximum absolute atomic E-state index is 5.10. The zero-order chi connectivity index (χ0) is 6.69. The van der Waals surface area contributed by atoms with E-state index < -0.39 is 0 Å². The first-order chi connectivity index (χ1) is 4.33. The van der Waals surface area contributed by atoms with Crippen molar-refractivity contribution in [1.82, 2.24) is 4.37 Å². The summed E-state index contributed by atoms with van der Waals surface area (Å²) in [5, 5.41) is 0. The highest BCUT2D eigenvalue weighted by Gasteiger charge is 1.93. The summed E-state index contributed by atoms with van der Waals surface area (Å²) in [7, 11) is 0. The van der Waals surface area contributed by atoms with Crippen LogP contribution in [-0.4, -0.2) is 4.37 Å². The van der Waals surface area contributed by atoms with Gasteiger partial charge < -0.3 is 0 Å². The highest BCUT2D eigenvalue weighted by molar-refractivity contribution is 7.05. The summed E-state index contributed by atoms with van der Waals surface area (Å²) in [5.41, 5.74) is 1.06. The highest BCUT2D eigenvalue weighted by Crippen LogP contribution is 2.08. The van der Waals surface area contributed by atoms with Crippen molar-refractivity contribution in [1.29, 1.82) is 0 Å². The number of rotatable bonds is 1. The van der Waals surface area contributed by atoms with Crippen LogP contribution in [0, 0.1) is 19.3 Å². The Morgan fingerprint density at radius 3 is 3.11 bits per heavy atom. The van der Waals surface area contributed by atoms with Gasteiger partial charge >= 0.3 is 0 Å². The molecule has 0 atom stereocenters. The maximum Gasteiger partial charge on any atom is 0.0514 e. The van der Waals surface area contributed by atoms with E-state index in [4.69, 9.17) is 6.42 Å². The van der Waals surface area contributed by atoms with Crippen molar-refractivity contribution in [2.75, 3.05) is 0 Å². The standard InChI is InChI=1S/C7H7NS/c1-3-4-7-5-6(2)8-9-7/h1,5H,4H2,2H3. The molecule has 0 spiro atoms. The van der Waals surface area contributed by atoms with E-state index in [1.54, 1.807) is 0 Å². The van der Waals surface area contributed by atoms with Gasteiger partial charge in [0.05, 0.1) is 5.69 Å². The molecule has 1 aromatic heterocycles. The van der Waals surface area contributed by atoms with Crippen molar-refractivity contribution in [3.63, 3.8) is 0 Å². The van der Waals surface area contributed by atoms with Gasteiger partial charge in [0.15, 0.2) is 0 Å². The van der Waals surface area contributed by atoms with Crippen LogP contribution in [0.3, 0.4) is 0 Å². The lowest BCUT2D eigenvalue weighted by atomic mass is 10.3. The Morgan fingerprint density at radius 2 is 2.67 bits per heavy atom. The van der Waals surface area contributed by atoms with Crippen LogP contribution in [0.4, 0.5) is 0 Å². The summed E-state index contributed by atoms with van der Waals surface area (Å²) >= 11 is 1.48. The average Bonchev–Trinajstić information content (AvgIpc) is 2.17. The van der Waals surface area contributed by atoms with Gasteiger partial charge in [-0.2, -0.15) is 4.37 Å². The first kappa shape index (κ1) is 6.31. The second kappa shape index (κ2) is 2.65. The van der Waals surface area contributed by atoms with E-state index in [1.807, 2.05) is 13.0 Å². The van der Waals surface area contributed by atoms with Crippen LogP contribution in [0.1, 0.15) is 10.6 Å². The van der Waals surface area contributed by atoms with Gasteiger partial charge in [-0.05, 0) is 24.5 Å². The average molecular weight is 137 g/mol. The Labute approximate surface area is 58.9 Å². The smallest absolute Gasteiger partial charge is 0.0514 e. The SMILES string of the molecule is C#CCc1cc(C)ns1. The first-order valence-electron chi connectivity index (χ1n) is 2.68. The predicted molar refractivity (Wildman–Crippen MR) is 39.4 cm³/mol. The molecule has 0 unspecified atom stereocenters. The second-order valence-electron chi connectivity index (χ2n) is 1.82. The monoisotopic (exact) mass is 137 g/mol. The first-order valence-corrected chi connectivity index (χ1v) is 3.46. The molecule has 0 N–H and O–H groups in total. The minimum Gasteiger partial charge on any atom is -0.198 e. The zero-order valence-corrected chi connectivity index (χ0v) is 6.03. The number of hydrogen-bond donors (Lipinski definition) is 0. The third-order valence-corrected chi connectivity index (χ3v) is 1.83. The molecule has 0 aliphatic heterocycles. The summed E-state index contributed by atoms with van der Waals surface area (Å²) in [6.45, 7) is 1.97. The Balaban J connectivity index is 2.76. The van der Waals surface area contributed by atoms with Crippen LogP contribution >= 0.6 is 11.5 Å². The molecule has 46 valence electrons. The van der Waals surface area contributed by atoms with Gasteiger partial charge in [-0.25, -0.2) is 0 Å². The normalized spacial score (nSPS) is 8.89. The molecule has 0 radical (unpaired) electrons. The van der Waals surface area contributed by atoms with Crippen LogP contribution < -0.4 is 0 Å². The van der Waals surface area contributed by atoms with Gasteiger partial charge in [0.2, 0.25) is 0 Å². The number of aromatic nitrogens is 1. The van der Waals surface area contributed by atoms with Gasteiger partial charge in [-0.1, -0.05) is 0 Å². The lowest BCUT2D eigenvalue weighted by Crippen LogP contribution is -1.69. The quantitative estimate of drug-likeness (QED) is 0.536. The molecule has 0 saturated heterocycles. The molecule has 0 saturated carbocycles. The Hall–Kier alpha value is -0.810. The lowest BCUT2D eigenvalue weighted by Gasteiger charge is -1.77.